The van der Waals surface area contributed by atoms with E-state index in [9.17, 15) is 0 Å². The molecule has 0 amide bonds. The minimum absolute atomic E-state index is 0.0327. The maximum Gasteiger partial charge on any atom is 0.0525 e. The van der Waals surface area contributed by atoms with Crippen molar-refractivity contribution in [1.82, 2.24) is 9.78 Å². The van der Waals surface area contributed by atoms with Crippen molar-refractivity contribution < 1.29 is 5.11 Å². The van der Waals surface area contributed by atoms with E-state index in [0.29, 0.717) is 6.54 Å². The summed E-state index contributed by atoms with van der Waals surface area (Å²) in [4.78, 5) is 0. The molecule has 1 unspecified atom stereocenters. The average Bonchev–Trinajstić information content (AvgIpc) is 2.55. The molecule has 0 saturated carbocycles. The van der Waals surface area contributed by atoms with Crippen molar-refractivity contribution >= 4 is 0 Å². The van der Waals surface area contributed by atoms with Gasteiger partial charge >= 0.3 is 0 Å². The highest BCUT2D eigenvalue weighted by molar-refractivity contribution is 5.11. The van der Waals surface area contributed by atoms with Crippen LogP contribution in [0.15, 0.2) is 12.4 Å². The molecule has 1 aromatic heterocycles. The molecular formula is C8H15N3O. The second kappa shape index (κ2) is 4.23. The summed E-state index contributed by atoms with van der Waals surface area (Å²) in [5, 5.41) is 13.0. The molecule has 1 heterocycles. The fourth-order valence-corrected chi connectivity index (χ4v) is 1.08. The normalized spacial score (nSPS) is 13.2. The van der Waals surface area contributed by atoms with Crippen molar-refractivity contribution in [2.75, 3.05) is 13.2 Å². The van der Waals surface area contributed by atoms with Crippen LogP contribution in [-0.2, 0) is 6.54 Å². The Bertz CT molecular complexity index is 230. The van der Waals surface area contributed by atoms with Crippen LogP contribution in [0.1, 0.15) is 18.4 Å². The van der Waals surface area contributed by atoms with Crippen molar-refractivity contribution in [3.8, 4) is 0 Å². The maximum atomic E-state index is 8.94. The molecule has 0 spiro atoms. The van der Waals surface area contributed by atoms with Gasteiger partial charge in [-0.1, -0.05) is 0 Å². The predicted molar refractivity (Wildman–Crippen MR) is 46.8 cm³/mol. The Morgan fingerprint density at radius 1 is 1.75 bits per heavy atom. The molecule has 1 atom stereocenters. The molecule has 0 aromatic carbocycles. The molecule has 68 valence electrons. The van der Waals surface area contributed by atoms with Crippen molar-refractivity contribution in [2.45, 2.75) is 19.4 Å². The summed E-state index contributed by atoms with van der Waals surface area (Å²) >= 11 is 0. The highest BCUT2D eigenvalue weighted by atomic mass is 16.3. The quantitative estimate of drug-likeness (QED) is 0.663. The zero-order valence-electron chi connectivity index (χ0n) is 7.27. The Hall–Kier alpha value is -0.870. The number of nitrogens with two attached hydrogens (primary N) is 1. The molecule has 1 rings (SSSR count). The summed E-state index contributed by atoms with van der Waals surface area (Å²) in [7, 11) is 0. The molecule has 0 saturated heterocycles. The van der Waals surface area contributed by atoms with Gasteiger partial charge in [-0.25, -0.2) is 0 Å². The Balaban J connectivity index is 2.72. The molecule has 0 aliphatic carbocycles. The first kappa shape index (κ1) is 9.22. The van der Waals surface area contributed by atoms with E-state index >= 15 is 0 Å². The van der Waals surface area contributed by atoms with Crippen LogP contribution in [0.5, 0.6) is 0 Å². The van der Waals surface area contributed by atoms with Gasteiger partial charge in [-0.3, -0.25) is 4.68 Å². The lowest BCUT2D eigenvalue weighted by atomic mass is 10.1. The number of hydrogen-bond acceptors (Lipinski definition) is 3. The molecule has 0 bridgehead atoms. The molecule has 3 N–H and O–H groups in total. The number of rotatable bonds is 4. The zero-order valence-corrected chi connectivity index (χ0v) is 7.27. The maximum absolute atomic E-state index is 8.94. The van der Waals surface area contributed by atoms with Gasteiger partial charge in [0.1, 0.15) is 0 Å². The average molecular weight is 169 g/mol. The third-order valence-corrected chi connectivity index (χ3v) is 1.95. The predicted octanol–water partition coefficient (Wildman–Crippen LogP) is -0.0624. The summed E-state index contributed by atoms with van der Waals surface area (Å²) in [5.41, 5.74) is 6.48. The van der Waals surface area contributed by atoms with Crippen molar-refractivity contribution in [1.29, 1.82) is 0 Å². The molecule has 0 aliphatic rings. The molecule has 12 heavy (non-hydrogen) atoms. The van der Waals surface area contributed by atoms with E-state index in [1.807, 2.05) is 17.8 Å². The third kappa shape index (κ3) is 1.84. The van der Waals surface area contributed by atoms with Crippen LogP contribution in [-0.4, -0.2) is 28.0 Å². The highest BCUT2D eigenvalue weighted by Gasteiger charge is 2.09. The molecular weight excluding hydrogens is 154 g/mol. The summed E-state index contributed by atoms with van der Waals surface area (Å²) in [6.07, 6.45) is 3.69. The molecule has 4 nitrogen and oxygen atoms in total. The van der Waals surface area contributed by atoms with Gasteiger partial charge in [0.15, 0.2) is 0 Å². The van der Waals surface area contributed by atoms with Crippen molar-refractivity contribution in [3.63, 3.8) is 0 Å². The first-order valence-corrected chi connectivity index (χ1v) is 4.15. The first-order chi connectivity index (χ1) is 5.81. The molecule has 0 aliphatic heterocycles. The van der Waals surface area contributed by atoms with Crippen LogP contribution in [0.4, 0.5) is 0 Å². The van der Waals surface area contributed by atoms with E-state index in [0.717, 1.165) is 12.1 Å². The Morgan fingerprint density at radius 2 is 2.50 bits per heavy atom. The lowest BCUT2D eigenvalue weighted by molar-refractivity contribution is 0.268. The summed E-state index contributed by atoms with van der Waals surface area (Å²) in [5.74, 6) is 0.0327. The van der Waals surface area contributed by atoms with Crippen LogP contribution < -0.4 is 5.73 Å². The SMILES string of the molecule is CCn1cc(C(CN)CO)cn1. The van der Waals surface area contributed by atoms with Gasteiger partial charge in [-0.2, -0.15) is 5.10 Å². The van der Waals surface area contributed by atoms with E-state index in [2.05, 4.69) is 5.10 Å². The van der Waals surface area contributed by atoms with E-state index in [1.54, 1.807) is 6.20 Å². The summed E-state index contributed by atoms with van der Waals surface area (Å²) in [6.45, 7) is 3.42. The molecule has 0 radical (unpaired) electrons. The second-order valence-corrected chi connectivity index (χ2v) is 2.74. The van der Waals surface area contributed by atoms with Crippen molar-refractivity contribution in [3.05, 3.63) is 18.0 Å². The Labute approximate surface area is 72.0 Å². The van der Waals surface area contributed by atoms with E-state index in [1.165, 1.54) is 0 Å². The van der Waals surface area contributed by atoms with Crippen LogP contribution in [0.25, 0.3) is 0 Å². The van der Waals surface area contributed by atoms with E-state index in [-0.39, 0.29) is 12.5 Å². The van der Waals surface area contributed by atoms with Gasteiger partial charge in [0.25, 0.3) is 0 Å². The number of hydrogen-bond donors (Lipinski definition) is 2. The lowest BCUT2D eigenvalue weighted by Gasteiger charge is -2.07. The number of aryl methyl sites for hydroxylation is 1. The van der Waals surface area contributed by atoms with Gasteiger partial charge in [0.05, 0.1) is 12.8 Å². The molecule has 0 fully saturated rings. The monoisotopic (exact) mass is 169 g/mol. The number of aliphatic hydroxyl groups excluding tert-OH is 1. The standard InChI is InChI=1S/C8H15N3O/c1-2-11-5-8(4-10-11)7(3-9)6-12/h4-5,7,12H,2-3,6,9H2,1H3. The van der Waals surface area contributed by atoms with Gasteiger partial charge in [-0.15, -0.1) is 0 Å². The highest BCUT2D eigenvalue weighted by Crippen LogP contribution is 2.11. The number of aromatic nitrogens is 2. The van der Waals surface area contributed by atoms with Crippen LogP contribution in [0, 0.1) is 0 Å². The minimum atomic E-state index is 0.0327. The fraction of sp³-hybridized carbons (Fsp3) is 0.625. The van der Waals surface area contributed by atoms with Gasteiger partial charge in [0, 0.05) is 25.2 Å². The lowest BCUT2D eigenvalue weighted by Crippen LogP contribution is -2.15. The minimum Gasteiger partial charge on any atom is -0.396 e. The Morgan fingerprint density at radius 3 is 2.92 bits per heavy atom. The fourth-order valence-electron chi connectivity index (χ4n) is 1.08. The molecule has 1 aromatic rings. The van der Waals surface area contributed by atoms with Crippen LogP contribution in [0.3, 0.4) is 0 Å². The van der Waals surface area contributed by atoms with Gasteiger partial charge in [-0.05, 0) is 12.5 Å². The molecule has 4 heteroatoms. The first-order valence-electron chi connectivity index (χ1n) is 4.15. The number of nitrogens with zero attached hydrogens (tertiary/aromatic N) is 2. The van der Waals surface area contributed by atoms with Crippen LogP contribution >= 0.6 is 0 Å². The third-order valence-electron chi connectivity index (χ3n) is 1.95. The topological polar surface area (TPSA) is 64.1 Å². The smallest absolute Gasteiger partial charge is 0.0525 e. The Kier molecular flexibility index (Phi) is 3.25. The van der Waals surface area contributed by atoms with Gasteiger partial charge < -0.3 is 10.8 Å². The van der Waals surface area contributed by atoms with Crippen molar-refractivity contribution in [2.24, 2.45) is 5.73 Å². The van der Waals surface area contributed by atoms with Gasteiger partial charge in [0.2, 0.25) is 0 Å². The summed E-state index contributed by atoms with van der Waals surface area (Å²) < 4.78 is 1.83. The number of aliphatic hydroxyl groups is 1. The summed E-state index contributed by atoms with van der Waals surface area (Å²) in [6, 6.07) is 0. The largest absolute Gasteiger partial charge is 0.396 e. The van der Waals surface area contributed by atoms with Crippen LogP contribution in [0.2, 0.25) is 0 Å². The van der Waals surface area contributed by atoms with E-state index < -0.39 is 0 Å². The van der Waals surface area contributed by atoms with E-state index in [4.69, 9.17) is 10.8 Å². The zero-order chi connectivity index (χ0) is 8.97. The second-order valence-electron chi connectivity index (χ2n) is 2.74.